The number of aromatic nitrogens is 1. The Hall–Kier alpha value is -1.66. The molecule has 0 fully saturated rings. The van der Waals surface area contributed by atoms with E-state index >= 15 is 0 Å². The summed E-state index contributed by atoms with van der Waals surface area (Å²) >= 11 is 0. The fourth-order valence-electron chi connectivity index (χ4n) is 1.52. The fraction of sp³-hybridized carbons (Fsp3) is 0.500. The number of carbonyl (C=O) groups is 1. The number of ether oxygens (including phenoxy) is 1. The third-order valence-corrected chi connectivity index (χ3v) is 2.59. The minimum atomic E-state index is -0.414. The van der Waals surface area contributed by atoms with Gasteiger partial charge in [-0.05, 0) is 13.3 Å². The molecule has 1 aromatic rings. The number of aryl methyl sites for hydroxylation is 1. The Morgan fingerprint density at radius 3 is 2.89 bits per heavy atom. The van der Waals surface area contributed by atoms with Gasteiger partial charge < -0.3 is 20.8 Å². The molecule has 1 atom stereocenters. The first kappa shape index (κ1) is 14.4. The summed E-state index contributed by atoms with van der Waals surface area (Å²) in [6.07, 6.45) is 2.03. The molecule has 1 rings (SSSR count). The highest BCUT2D eigenvalue weighted by atomic mass is 16.5. The maximum absolute atomic E-state index is 11.9. The van der Waals surface area contributed by atoms with Crippen molar-refractivity contribution >= 4 is 5.91 Å². The largest absolute Gasteiger partial charge is 0.385 e. The summed E-state index contributed by atoms with van der Waals surface area (Å²) in [5, 5.41) is 2.71. The van der Waals surface area contributed by atoms with Gasteiger partial charge in [0.15, 0.2) is 5.43 Å². The lowest BCUT2D eigenvalue weighted by molar-refractivity contribution is 0.0925. The van der Waals surface area contributed by atoms with Gasteiger partial charge in [-0.2, -0.15) is 0 Å². The van der Waals surface area contributed by atoms with Gasteiger partial charge in [0, 0.05) is 44.3 Å². The second-order valence-electron chi connectivity index (χ2n) is 4.08. The lowest BCUT2D eigenvalue weighted by atomic mass is 10.2. The number of nitrogens with one attached hydrogen (secondary N) is 2. The van der Waals surface area contributed by atoms with Crippen LogP contribution in [0.15, 0.2) is 17.1 Å². The molecule has 0 spiro atoms. The van der Waals surface area contributed by atoms with Gasteiger partial charge in [0.2, 0.25) is 0 Å². The highest BCUT2D eigenvalue weighted by molar-refractivity contribution is 5.93. The van der Waals surface area contributed by atoms with Gasteiger partial charge in [-0.1, -0.05) is 0 Å². The zero-order chi connectivity index (χ0) is 13.5. The molecule has 1 amide bonds. The van der Waals surface area contributed by atoms with Crippen LogP contribution in [0.1, 0.15) is 22.5 Å². The van der Waals surface area contributed by atoms with Crippen molar-refractivity contribution in [3.63, 3.8) is 0 Å². The molecule has 4 N–H and O–H groups in total. The number of carbonyl (C=O) groups excluding carboxylic acids is 1. The van der Waals surface area contributed by atoms with E-state index in [0.29, 0.717) is 25.3 Å². The molecule has 6 heteroatoms. The molecule has 0 radical (unpaired) electrons. The van der Waals surface area contributed by atoms with Crippen LogP contribution in [0.3, 0.4) is 0 Å². The Labute approximate surface area is 106 Å². The van der Waals surface area contributed by atoms with Crippen LogP contribution in [0.5, 0.6) is 0 Å². The Kier molecular flexibility index (Phi) is 5.54. The Morgan fingerprint density at radius 2 is 2.33 bits per heavy atom. The van der Waals surface area contributed by atoms with Crippen LogP contribution in [-0.4, -0.2) is 37.2 Å². The summed E-state index contributed by atoms with van der Waals surface area (Å²) in [5.74, 6) is -0.414. The van der Waals surface area contributed by atoms with Crippen molar-refractivity contribution in [1.82, 2.24) is 10.3 Å². The van der Waals surface area contributed by atoms with Crippen molar-refractivity contribution in [2.75, 3.05) is 20.3 Å². The number of pyridine rings is 1. The fourth-order valence-corrected chi connectivity index (χ4v) is 1.52. The summed E-state index contributed by atoms with van der Waals surface area (Å²) in [6, 6.07) is 1.19. The van der Waals surface area contributed by atoms with E-state index in [1.54, 1.807) is 14.0 Å². The van der Waals surface area contributed by atoms with E-state index in [2.05, 4.69) is 10.3 Å². The van der Waals surface area contributed by atoms with Crippen LogP contribution in [0, 0.1) is 6.92 Å². The molecule has 1 heterocycles. The van der Waals surface area contributed by atoms with Crippen molar-refractivity contribution in [3.05, 3.63) is 33.7 Å². The molecule has 6 nitrogen and oxygen atoms in total. The number of nitrogens with two attached hydrogens (primary N) is 1. The number of hydrogen-bond donors (Lipinski definition) is 3. The molecule has 0 aliphatic rings. The molecule has 0 aromatic carbocycles. The van der Waals surface area contributed by atoms with E-state index in [4.69, 9.17) is 10.5 Å². The minimum Gasteiger partial charge on any atom is -0.385 e. The van der Waals surface area contributed by atoms with Crippen LogP contribution in [0.25, 0.3) is 0 Å². The van der Waals surface area contributed by atoms with Crippen molar-refractivity contribution in [1.29, 1.82) is 0 Å². The normalized spacial score (nSPS) is 12.2. The maximum Gasteiger partial charge on any atom is 0.257 e. The van der Waals surface area contributed by atoms with Gasteiger partial charge in [-0.15, -0.1) is 0 Å². The summed E-state index contributed by atoms with van der Waals surface area (Å²) < 4.78 is 4.93. The molecule has 0 saturated heterocycles. The van der Waals surface area contributed by atoms with Crippen molar-refractivity contribution < 1.29 is 9.53 Å². The van der Waals surface area contributed by atoms with Crippen LogP contribution < -0.4 is 16.5 Å². The number of rotatable bonds is 6. The quantitative estimate of drug-likeness (QED) is 0.652. The maximum atomic E-state index is 11.9. The van der Waals surface area contributed by atoms with Gasteiger partial charge >= 0.3 is 0 Å². The lowest BCUT2D eigenvalue weighted by Gasteiger charge is -2.16. The summed E-state index contributed by atoms with van der Waals surface area (Å²) in [7, 11) is 1.58. The number of amides is 1. The van der Waals surface area contributed by atoms with Gasteiger partial charge in [0.05, 0.1) is 0 Å². The predicted molar refractivity (Wildman–Crippen MR) is 68.6 cm³/mol. The van der Waals surface area contributed by atoms with E-state index in [9.17, 15) is 9.59 Å². The van der Waals surface area contributed by atoms with Crippen LogP contribution >= 0.6 is 0 Å². The minimum absolute atomic E-state index is 0.0940. The molecule has 0 aliphatic carbocycles. The standard InChI is InChI=1S/C12H19N3O3/c1-8-5-11(16)10(7-14-8)12(17)15-9(6-13)3-4-18-2/h5,7,9H,3-4,6,13H2,1-2H3,(H,14,16)(H,15,17). The van der Waals surface area contributed by atoms with E-state index in [1.165, 1.54) is 12.3 Å². The van der Waals surface area contributed by atoms with Crippen molar-refractivity contribution in [2.24, 2.45) is 5.73 Å². The molecule has 18 heavy (non-hydrogen) atoms. The third-order valence-electron chi connectivity index (χ3n) is 2.59. The second-order valence-corrected chi connectivity index (χ2v) is 4.08. The number of aromatic amines is 1. The molecular formula is C12H19N3O3. The van der Waals surface area contributed by atoms with Crippen molar-refractivity contribution in [2.45, 2.75) is 19.4 Å². The molecule has 0 bridgehead atoms. The van der Waals surface area contributed by atoms with E-state index in [1.807, 2.05) is 0 Å². The van der Waals surface area contributed by atoms with Crippen molar-refractivity contribution in [3.8, 4) is 0 Å². The summed E-state index contributed by atoms with van der Waals surface area (Å²) in [6.45, 7) is 2.57. The summed E-state index contributed by atoms with van der Waals surface area (Å²) in [5.41, 5.74) is 6.05. The van der Waals surface area contributed by atoms with Gasteiger partial charge in [0.25, 0.3) is 5.91 Å². The first-order valence-electron chi connectivity index (χ1n) is 5.77. The SMILES string of the molecule is COCCC(CN)NC(=O)c1c[nH]c(C)cc1=O. The van der Waals surface area contributed by atoms with E-state index < -0.39 is 5.91 Å². The van der Waals surface area contributed by atoms with Gasteiger partial charge in [-0.3, -0.25) is 9.59 Å². The first-order chi connectivity index (χ1) is 8.58. The van der Waals surface area contributed by atoms with Crippen LogP contribution in [0.4, 0.5) is 0 Å². The zero-order valence-electron chi connectivity index (χ0n) is 10.7. The smallest absolute Gasteiger partial charge is 0.257 e. The molecule has 0 saturated carbocycles. The molecule has 0 aliphatic heterocycles. The second kappa shape index (κ2) is 6.93. The van der Waals surface area contributed by atoms with E-state index in [-0.39, 0.29) is 17.0 Å². The van der Waals surface area contributed by atoms with Gasteiger partial charge in [-0.25, -0.2) is 0 Å². The van der Waals surface area contributed by atoms with Crippen LogP contribution in [-0.2, 0) is 4.74 Å². The number of H-pyrrole nitrogens is 1. The zero-order valence-corrected chi connectivity index (χ0v) is 10.7. The highest BCUT2D eigenvalue weighted by Gasteiger charge is 2.14. The lowest BCUT2D eigenvalue weighted by Crippen LogP contribution is -2.42. The number of methoxy groups -OCH3 is 1. The third kappa shape index (κ3) is 3.97. The van der Waals surface area contributed by atoms with Crippen LogP contribution in [0.2, 0.25) is 0 Å². The average molecular weight is 253 g/mol. The topological polar surface area (TPSA) is 97.2 Å². The van der Waals surface area contributed by atoms with Gasteiger partial charge in [0.1, 0.15) is 5.56 Å². The predicted octanol–water partition coefficient (Wildman–Crippen LogP) is -0.223. The monoisotopic (exact) mass is 253 g/mol. The Balaban J connectivity index is 2.71. The molecule has 1 unspecified atom stereocenters. The summed E-state index contributed by atoms with van der Waals surface area (Å²) in [4.78, 5) is 26.3. The Bertz CT molecular complexity index is 456. The number of hydrogen-bond acceptors (Lipinski definition) is 4. The average Bonchev–Trinajstić information content (AvgIpc) is 2.34. The molecule has 1 aromatic heterocycles. The highest BCUT2D eigenvalue weighted by Crippen LogP contribution is 1.96. The Morgan fingerprint density at radius 1 is 1.61 bits per heavy atom. The molecule has 100 valence electrons. The van der Waals surface area contributed by atoms with E-state index in [0.717, 1.165) is 0 Å². The first-order valence-corrected chi connectivity index (χ1v) is 5.77. The molecular weight excluding hydrogens is 234 g/mol.